The first-order valence-corrected chi connectivity index (χ1v) is 12.4. The number of fused-ring (bicyclic) bond motifs is 4. The fraction of sp³-hybridized carbons (Fsp3) is 0.133. The molecule has 0 saturated heterocycles. The number of hydrogen-bond donors (Lipinski definition) is 1. The third kappa shape index (κ3) is 4.11. The third-order valence-corrected chi connectivity index (χ3v) is 7.53. The quantitative estimate of drug-likeness (QED) is 0.197. The molecule has 1 N–H and O–H groups in total. The summed E-state index contributed by atoms with van der Waals surface area (Å²) in [5.74, 6) is 1.12. The molecule has 0 aliphatic heterocycles. The van der Waals surface area contributed by atoms with Crippen molar-refractivity contribution in [2.24, 2.45) is 0 Å². The minimum Gasteiger partial charge on any atom is -0.505 e. The number of phenolic OH excluding ortho intramolecular Hbond substituents is 1. The van der Waals surface area contributed by atoms with Gasteiger partial charge < -0.3 is 9.67 Å². The third-order valence-electron chi connectivity index (χ3n) is 6.46. The van der Waals surface area contributed by atoms with Crippen molar-refractivity contribution in [3.8, 4) is 11.6 Å². The Bertz CT molecular complexity index is 1790. The van der Waals surface area contributed by atoms with Crippen LogP contribution in [0.15, 0.2) is 76.8 Å². The van der Waals surface area contributed by atoms with Gasteiger partial charge in [0.2, 0.25) is 0 Å². The van der Waals surface area contributed by atoms with Crippen LogP contribution in [0.3, 0.4) is 0 Å². The van der Waals surface area contributed by atoms with E-state index in [0.717, 1.165) is 54.2 Å². The first-order valence-electron chi connectivity index (χ1n) is 11.6. The number of hydrogen-bond acceptors (Lipinski definition) is 4. The first-order chi connectivity index (χ1) is 16.9. The molecule has 0 bridgehead atoms. The van der Waals surface area contributed by atoms with Gasteiger partial charge in [0.1, 0.15) is 17.1 Å². The van der Waals surface area contributed by atoms with Crippen LogP contribution in [0.25, 0.3) is 38.5 Å². The van der Waals surface area contributed by atoms with Gasteiger partial charge in [-0.15, -0.1) is 17.0 Å². The maximum Gasteiger partial charge on any atom is 0.144 e. The van der Waals surface area contributed by atoms with Crippen LogP contribution in [0.5, 0.6) is 5.75 Å². The van der Waals surface area contributed by atoms with Crippen LogP contribution >= 0.6 is 11.8 Å². The van der Waals surface area contributed by atoms with E-state index >= 15 is 0 Å². The van der Waals surface area contributed by atoms with Gasteiger partial charge in [-0.05, 0) is 67.6 Å². The van der Waals surface area contributed by atoms with Gasteiger partial charge in [0.05, 0.1) is 5.03 Å². The summed E-state index contributed by atoms with van der Waals surface area (Å²) in [6.45, 7) is 8.21. The van der Waals surface area contributed by atoms with Crippen LogP contribution in [-0.2, 0) is 21.1 Å². The molecule has 6 aromatic rings. The topological polar surface area (TPSA) is 50.9 Å². The number of phenols is 1. The predicted molar refractivity (Wildman–Crippen MR) is 144 cm³/mol. The zero-order valence-corrected chi connectivity index (χ0v) is 23.5. The van der Waals surface area contributed by atoms with E-state index in [1.165, 1.54) is 10.9 Å². The molecule has 0 spiro atoms. The van der Waals surface area contributed by atoms with E-state index < -0.39 is 0 Å². The Balaban J connectivity index is 0.00000267. The molecule has 3 heterocycles. The minimum atomic E-state index is 0. The summed E-state index contributed by atoms with van der Waals surface area (Å²) in [5, 5.41) is 14.7. The summed E-state index contributed by atoms with van der Waals surface area (Å²) in [7, 11) is 0. The van der Waals surface area contributed by atoms with E-state index in [-0.39, 0.29) is 26.8 Å². The van der Waals surface area contributed by atoms with Crippen LogP contribution in [0, 0.1) is 33.8 Å². The van der Waals surface area contributed by atoms with Gasteiger partial charge in [-0.25, -0.2) is 9.97 Å². The molecule has 3 aromatic carbocycles. The molecule has 0 fully saturated rings. The molecular formula is C30H24N3OPtS-. The van der Waals surface area contributed by atoms with Gasteiger partial charge >= 0.3 is 0 Å². The molecule has 0 amide bonds. The fourth-order valence-electron chi connectivity index (χ4n) is 4.59. The van der Waals surface area contributed by atoms with Crippen molar-refractivity contribution in [2.75, 3.05) is 0 Å². The van der Waals surface area contributed by atoms with E-state index in [2.05, 4.69) is 66.7 Å². The van der Waals surface area contributed by atoms with Crippen molar-refractivity contribution in [2.45, 2.75) is 37.6 Å². The molecule has 6 rings (SSSR count). The van der Waals surface area contributed by atoms with Crippen LogP contribution < -0.4 is 0 Å². The number of aryl methyl sites for hydroxylation is 4. The summed E-state index contributed by atoms with van der Waals surface area (Å²) in [6.07, 6.45) is 1.85. The normalized spacial score (nSPS) is 11.3. The van der Waals surface area contributed by atoms with Crippen LogP contribution in [0.1, 0.15) is 22.3 Å². The molecule has 0 atom stereocenters. The van der Waals surface area contributed by atoms with E-state index in [9.17, 15) is 5.11 Å². The first kappa shape index (κ1) is 24.5. The number of benzene rings is 3. The number of pyridine rings is 2. The Kier molecular flexibility index (Phi) is 6.40. The van der Waals surface area contributed by atoms with E-state index in [1.54, 1.807) is 11.8 Å². The zero-order valence-electron chi connectivity index (χ0n) is 20.4. The van der Waals surface area contributed by atoms with Crippen molar-refractivity contribution in [3.05, 3.63) is 95.2 Å². The molecular weight excluding hydrogens is 645 g/mol. The molecule has 0 saturated carbocycles. The van der Waals surface area contributed by atoms with Crippen LogP contribution in [-0.4, -0.2) is 19.6 Å². The maximum atomic E-state index is 10.5. The fourth-order valence-corrected chi connectivity index (χ4v) is 5.44. The van der Waals surface area contributed by atoms with Gasteiger partial charge in [-0.2, -0.15) is 6.07 Å². The monoisotopic (exact) mass is 669 g/mol. The summed E-state index contributed by atoms with van der Waals surface area (Å²) >= 11 is 1.57. The number of aromatic hydroxyl groups is 1. The Morgan fingerprint density at radius 2 is 1.61 bits per heavy atom. The average Bonchev–Trinajstić information content (AvgIpc) is 3.14. The summed E-state index contributed by atoms with van der Waals surface area (Å²) < 4.78 is 2.20. The number of rotatable bonds is 3. The van der Waals surface area contributed by atoms with Crippen molar-refractivity contribution in [3.63, 3.8) is 0 Å². The molecule has 4 nitrogen and oxygen atoms in total. The summed E-state index contributed by atoms with van der Waals surface area (Å²) in [6, 6.07) is 24.5. The smallest absolute Gasteiger partial charge is 0.144 e. The molecule has 0 aliphatic carbocycles. The van der Waals surface area contributed by atoms with E-state index in [4.69, 9.17) is 4.98 Å². The van der Waals surface area contributed by atoms with Crippen LogP contribution in [0.2, 0.25) is 0 Å². The predicted octanol–water partition coefficient (Wildman–Crippen LogP) is 7.62. The Labute approximate surface area is 228 Å². The molecule has 3 aromatic heterocycles. The second-order valence-electron chi connectivity index (χ2n) is 9.15. The standard InChI is InChI=1S/C30H24N3OS.Pt/c1-17-5-9-24-22(13-17)23-15-20(4)26(16-25(23)33(24)27-14-18(2)11-12-31-27)35-28-10-8-21-7-6-19(3)30(34)29(21)32-28;/h5-15,34H,1-4H3;/q-1;. The average molecular weight is 670 g/mol. The molecule has 36 heavy (non-hydrogen) atoms. The number of aromatic nitrogens is 3. The van der Waals surface area contributed by atoms with Crippen molar-refractivity contribution >= 4 is 44.5 Å². The second kappa shape index (κ2) is 9.38. The van der Waals surface area contributed by atoms with E-state index in [1.807, 2.05) is 43.5 Å². The summed E-state index contributed by atoms with van der Waals surface area (Å²) in [5.41, 5.74) is 7.08. The van der Waals surface area contributed by atoms with Crippen molar-refractivity contribution < 1.29 is 26.2 Å². The SMILES string of the molecule is Cc1ccnc(-n2c3[c-]c(Sc4ccc5ccc(C)c(O)c5n4)c(C)cc3c3cc(C)ccc32)c1.[Pt]. The van der Waals surface area contributed by atoms with E-state index in [0.29, 0.717) is 5.52 Å². The molecule has 182 valence electrons. The zero-order chi connectivity index (χ0) is 24.3. The second-order valence-corrected chi connectivity index (χ2v) is 10.2. The Morgan fingerprint density at radius 1 is 0.833 bits per heavy atom. The molecule has 0 aliphatic rings. The van der Waals surface area contributed by atoms with Crippen molar-refractivity contribution in [1.82, 2.24) is 14.5 Å². The molecule has 0 unspecified atom stereocenters. The van der Waals surface area contributed by atoms with Crippen LogP contribution in [0.4, 0.5) is 0 Å². The van der Waals surface area contributed by atoms with Gasteiger partial charge in [0.25, 0.3) is 0 Å². The molecule has 0 radical (unpaired) electrons. The number of nitrogens with zero attached hydrogens (tertiary/aromatic N) is 3. The Morgan fingerprint density at radius 3 is 2.42 bits per heavy atom. The minimum absolute atomic E-state index is 0. The summed E-state index contributed by atoms with van der Waals surface area (Å²) in [4.78, 5) is 10.5. The van der Waals surface area contributed by atoms with Gasteiger partial charge in [0, 0.05) is 38.2 Å². The Hall–Kier alpha value is -3.14. The van der Waals surface area contributed by atoms with Gasteiger partial charge in [-0.1, -0.05) is 58.9 Å². The van der Waals surface area contributed by atoms with Crippen molar-refractivity contribution in [1.29, 1.82) is 0 Å². The van der Waals surface area contributed by atoms with Gasteiger partial charge in [-0.3, -0.25) is 0 Å². The largest absolute Gasteiger partial charge is 0.505 e. The molecule has 6 heteroatoms. The van der Waals surface area contributed by atoms with Gasteiger partial charge in [0.15, 0.2) is 0 Å². The maximum absolute atomic E-state index is 10.5.